The normalized spacial score (nSPS) is 16.8. The van der Waals surface area contributed by atoms with Gasteiger partial charge in [-0.15, -0.1) is 0 Å². The molecule has 1 fully saturated rings. The van der Waals surface area contributed by atoms with Gasteiger partial charge in [0.05, 0.1) is 17.4 Å². The maximum Gasteiger partial charge on any atom is 0.340 e. The van der Waals surface area contributed by atoms with Crippen LogP contribution in [0.5, 0.6) is 0 Å². The maximum absolute atomic E-state index is 12.8. The molecule has 1 saturated heterocycles. The zero-order valence-electron chi connectivity index (χ0n) is 16.9. The largest absolute Gasteiger partial charge is 0.480 e. The van der Waals surface area contributed by atoms with Crippen LogP contribution in [0.4, 0.5) is 0 Å². The molecule has 0 aliphatic carbocycles. The van der Waals surface area contributed by atoms with Gasteiger partial charge in [0.25, 0.3) is 0 Å². The first kappa shape index (κ1) is 19.2. The van der Waals surface area contributed by atoms with Gasteiger partial charge in [-0.05, 0) is 63.3 Å². The number of benzene rings is 1. The highest BCUT2D eigenvalue weighted by atomic mass is 16.4. The standard InChI is InChI=1S/C22H23NO6/c1-10-8-16-19(20-18(10)11(2)13(4)28-20)12(3)14(22(27)29-16)9-17(24)23-7-5-6-15(23)21(25)26/h8,15H,5-7,9H2,1-4H3,(H,25,26)/t15-/m0/s1. The van der Waals surface area contributed by atoms with Crippen molar-refractivity contribution >= 4 is 33.8 Å². The molecule has 7 nitrogen and oxygen atoms in total. The second-order valence-electron chi connectivity index (χ2n) is 7.81. The number of aryl methyl sites for hydroxylation is 4. The van der Waals surface area contributed by atoms with Crippen molar-refractivity contribution in [1.29, 1.82) is 0 Å². The van der Waals surface area contributed by atoms with Crippen molar-refractivity contribution < 1.29 is 23.5 Å². The number of amides is 1. The number of rotatable bonds is 3. The van der Waals surface area contributed by atoms with Crippen molar-refractivity contribution in [1.82, 2.24) is 4.90 Å². The number of hydrogen-bond donors (Lipinski definition) is 1. The molecule has 0 unspecified atom stereocenters. The fraction of sp³-hybridized carbons (Fsp3) is 0.409. The minimum absolute atomic E-state index is 0.193. The Hall–Kier alpha value is -3.09. The van der Waals surface area contributed by atoms with E-state index in [9.17, 15) is 19.5 Å². The molecule has 2 aromatic heterocycles. The minimum atomic E-state index is -1.02. The molecule has 0 spiro atoms. The van der Waals surface area contributed by atoms with Gasteiger partial charge in [0.2, 0.25) is 5.91 Å². The molecule has 4 rings (SSSR count). The van der Waals surface area contributed by atoms with E-state index in [0.717, 1.165) is 22.3 Å². The maximum atomic E-state index is 12.8. The molecular formula is C22H23NO6. The number of carbonyl (C=O) groups is 2. The number of carboxylic acid groups (broad SMARTS) is 1. The Balaban J connectivity index is 1.85. The second-order valence-corrected chi connectivity index (χ2v) is 7.81. The highest BCUT2D eigenvalue weighted by molar-refractivity contribution is 6.07. The van der Waals surface area contributed by atoms with E-state index in [1.165, 1.54) is 4.90 Å². The van der Waals surface area contributed by atoms with Gasteiger partial charge in [0.1, 0.15) is 23.0 Å². The van der Waals surface area contributed by atoms with E-state index >= 15 is 0 Å². The molecule has 0 saturated carbocycles. The van der Waals surface area contributed by atoms with Crippen LogP contribution < -0.4 is 5.63 Å². The quantitative estimate of drug-likeness (QED) is 0.680. The molecule has 7 heteroatoms. The van der Waals surface area contributed by atoms with Crippen LogP contribution in [0.25, 0.3) is 21.9 Å². The lowest BCUT2D eigenvalue weighted by Crippen LogP contribution is -2.41. The molecule has 1 N–H and O–H groups in total. The first-order valence-electron chi connectivity index (χ1n) is 9.68. The number of likely N-dealkylation sites (tertiary alicyclic amines) is 1. The molecule has 29 heavy (non-hydrogen) atoms. The van der Waals surface area contributed by atoms with Crippen LogP contribution in [0.2, 0.25) is 0 Å². The zero-order valence-corrected chi connectivity index (χ0v) is 16.9. The average molecular weight is 397 g/mol. The summed E-state index contributed by atoms with van der Waals surface area (Å²) in [6, 6.07) is 0.987. The molecule has 1 aliphatic heterocycles. The van der Waals surface area contributed by atoms with Crippen LogP contribution in [0.3, 0.4) is 0 Å². The number of furan rings is 1. The molecule has 1 amide bonds. The van der Waals surface area contributed by atoms with Crippen LogP contribution in [0.1, 0.15) is 40.9 Å². The molecule has 1 aliphatic rings. The van der Waals surface area contributed by atoms with E-state index in [0.29, 0.717) is 41.5 Å². The van der Waals surface area contributed by atoms with Gasteiger partial charge >= 0.3 is 11.6 Å². The topological polar surface area (TPSA) is 101 Å². The van der Waals surface area contributed by atoms with Crippen molar-refractivity contribution in [3.63, 3.8) is 0 Å². The smallest absolute Gasteiger partial charge is 0.340 e. The fourth-order valence-corrected chi connectivity index (χ4v) is 4.41. The van der Waals surface area contributed by atoms with Gasteiger partial charge in [0, 0.05) is 11.9 Å². The van der Waals surface area contributed by atoms with Crippen LogP contribution in [0, 0.1) is 27.7 Å². The van der Waals surface area contributed by atoms with Crippen molar-refractivity contribution in [3.8, 4) is 0 Å². The predicted molar refractivity (Wildman–Crippen MR) is 107 cm³/mol. The van der Waals surface area contributed by atoms with E-state index in [2.05, 4.69) is 0 Å². The van der Waals surface area contributed by atoms with E-state index in [1.54, 1.807) is 6.92 Å². The monoisotopic (exact) mass is 397 g/mol. The third-order valence-electron chi connectivity index (χ3n) is 6.06. The van der Waals surface area contributed by atoms with Crippen molar-refractivity contribution in [2.24, 2.45) is 0 Å². The van der Waals surface area contributed by atoms with Crippen molar-refractivity contribution in [2.75, 3.05) is 6.54 Å². The highest BCUT2D eigenvalue weighted by Gasteiger charge is 2.34. The zero-order chi connectivity index (χ0) is 21.0. The Kier molecular flexibility index (Phi) is 4.48. The summed E-state index contributed by atoms with van der Waals surface area (Å²) in [5.74, 6) is -0.600. The van der Waals surface area contributed by atoms with E-state index in [1.807, 2.05) is 26.8 Å². The summed E-state index contributed by atoms with van der Waals surface area (Å²) in [6.45, 7) is 7.98. The van der Waals surface area contributed by atoms with Crippen LogP contribution in [-0.4, -0.2) is 34.5 Å². The highest BCUT2D eigenvalue weighted by Crippen LogP contribution is 2.36. The van der Waals surface area contributed by atoms with E-state index < -0.39 is 17.6 Å². The lowest BCUT2D eigenvalue weighted by molar-refractivity contribution is -0.148. The van der Waals surface area contributed by atoms with Gasteiger partial charge < -0.3 is 18.8 Å². The number of carboxylic acids is 1. The Morgan fingerprint density at radius 1 is 1.14 bits per heavy atom. The predicted octanol–water partition coefficient (Wildman–Crippen LogP) is 3.39. The first-order valence-corrected chi connectivity index (χ1v) is 9.68. The lowest BCUT2D eigenvalue weighted by Gasteiger charge is -2.21. The van der Waals surface area contributed by atoms with Gasteiger partial charge in [-0.1, -0.05) is 0 Å². The summed E-state index contributed by atoms with van der Waals surface area (Å²) >= 11 is 0. The molecule has 0 radical (unpaired) electrons. The van der Waals surface area contributed by atoms with Crippen LogP contribution >= 0.6 is 0 Å². The van der Waals surface area contributed by atoms with Crippen LogP contribution in [-0.2, 0) is 16.0 Å². The SMILES string of the molecule is Cc1oc2c(c(C)cc3oc(=O)c(CC(=O)N4CCC[C@H]4C(=O)O)c(C)c32)c1C. The third-order valence-corrected chi connectivity index (χ3v) is 6.06. The Bertz CT molecular complexity index is 1230. The molecular weight excluding hydrogens is 374 g/mol. The molecule has 3 aromatic rings. The minimum Gasteiger partial charge on any atom is -0.480 e. The lowest BCUT2D eigenvalue weighted by atomic mass is 9.98. The average Bonchev–Trinajstić information content (AvgIpc) is 3.24. The number of carbonyl (C=O) groups excluding carboxylic acids is 1. The Labute approximate surface area is 166 Å². The number of fused-ring (bicyclic) bond motifs is 3. The summed E-state index contributed by atoms with van der Waals surface area (Å²) < 4.78 is 11.5. The molecule has 0 bridgehead atoms. The van der Waals surface area contributed by atoms with Gasteiger partial charge in [-0.3, -0.25) is 4.79 Å². The van der Waals surface area contributed by atoms with E-state index in [4.69, 9.17) is 8.83 Å². The number of aliphatic carboxylic acids is 1. The fourth-order valence-electron chi connectivity index (χ4n) is 4.41. The summed E-state index contributed by atoms with van der Waals surface area (Å²) in [7, 11) is 0. The number of nitrogens with zero attached hydrogens (tertiary/aromatic N) is 1. The molecule has 152 valence electrons. The number of hydrogen-bond acceptors (Lipinski definition) is 5. The van der Waals surface area contributed by atoms with E-state index in [-0.39, 0.29) is 17.9 Å². The van der Waals surface area contributed by atoms with Gasteiger partial charge in [-0.2, -0.15) is 0 Å². The van der Waals surface area contributed by atoms with Crippen LogP contribution in [0.15, 0.2) is 19.7 Å². The van der Waals surface area contributed by atoms with Gasteiger partial charge in [-0.25, -0.2) is 9.59 Å². The third kappa shape index (κ3) is 2.92. The summed E-state index contributed by atoms with van der Waals surface area (Å²) in [6.07, 6.45) is 0.873. The molecule has 3 heterocycles. The van der Waals surface area contributed by atoms with Crippen molar-refractivity contribution in [3.05, 3.63) is 44.5 Å². The van der Waals surface area contributed by atoms with Gasteiger partial charge in [0.15, 0.2) is 0 Å². The first-order chi connectivity index (χ1) is 13.7. The molecule has 1 aromatic carbocycles. The summed E-state index contributed by atoms with van der Waals surface area (Å²) in [5.41, 5.74) is 3.36. The summed E-state index contributed by atoms with van der Waals surface area (Å²) in [5, 5.41) is 11.0. The molecule has 1 atom stereocenters. The Morgan fingerprint density at radius 3 is 2.55 bits per heavy atom. The van der Waals surface area contributed by atoms with Crippen molar-refractivity contribution in [2.45, 2.75) is 53.0 Å². The second kappa shape index (κ2) is 6.76. The summed E-state index contributed by atoms with van der Waals surface area (Å²) in [4.78, 5) is 38.2. The Morgan fingerprint density at radius 2 is 1.86 bits per heavy atom.